The smallest absolute Gasteiger partial charge is 0.150 e. The van der Waals surface area contributed by atoms with Crippen LogP contribution in [0.4, 0.5) is 14.6 Å². The Morgan fingerprint density at radius 3 is 2.81 bits per heavy atom. The summed E-state index contributed by atoms with van der Waals surface area (Å²) in [5, 5.41) is 0.475. The third-order valence-electron chi connectivity index (χ3n) is 3.48. The molecule has 0 radical (unpaired) electrons. The summed E-state index contributed by atoms with van der Waals surface area (Å²) >= 11 is 0. The van der Waals surface area contributed by atoms with Crippen molar-refractivity contribution in [3.63, 3.8) is 0 Å². The van der Waals surface area contributed by atoms with Crippen molar-refractivity contribution in [3.05, 3.63) is 47.7 Å². The van der Waals surface area contributed by atoms with E-state index >= 15 is 0 Å². The summed E-state index contributed by atoms with van der Waals surface area (Å²) in [6.45, 7) is 2.06. The van der Waals surface area contributed by atoms with Crippen LogP contribution in [0.15, 0.2) is 30.5 Å². The number of pyridine rings is 1. The molecule has 108 valence electrons. The van der Waals surface area contributed by atoms with Crippen LogP contribution in [0.5, 0.6) is 0 Å². The number of fused-ring (bicyclic) bond motifs is 1. The minimum atomic E-state index is -0.614. The highest BCUT2D eigenvalue weighted by atomic mass is 19.1. The third kappa shape index (κ3) is 2.35. The number of aryl methyl sites for hydroxylation is 1. The van der Waals surface area contributed by atoms with E-state index in [1.807, 2.05) is 6.07 Å². The topological polar surface area (TPSA) is 54.7 Å². The molecule has 0 atom stereocenters. The monoisotopic (exact) mass is 287 g/mol. The van der Waals surface area contributed by atoms with Gasteiger partial charge < -0.3 is 10.7 Å². The van der Waals surface area contributed by atoms with Crippen molar-refractivity contribution in [2.75, 3.05) is 5.73 Å². The maximum Gasteiger partial charge on any atom is 0.150 e. The molecule has 3 aromatic rings. The van der Waals surface area contributed by atoms with Crippen LogP contribution in [0.2, 0.25) is 0 Å². The van der Waals surface area contributed by atoms with Gasteiger partial charge >= 0.3 is 0 Å². The molecule has 0 unspecified atom stereocenters. The Hall–Kier alpha value is -2.43. The number of nitrogens with one attached hydrogen (secondary N) is 1. The Morgan fingerprint density at radius 2 is 2.05 bits per heavy atom. The molecule has 5 heteroatoms. The standard InChI is InChI=1S/C16H15F2N3/c1-2-3-9-4-5-14(19)21-15(9)12-8-20-16-11(12)6-10(17)7-13(16)18/h4-8,20H,2-3H2,1H3,(H2,19,21). The minimum absolute atomic E-state index is 0.276. The number of benzene rings is 1. The molecule has 0 aliphatic rings. The highest BCUT2D eigenvalue weighted by molar-refractivity contribution is 5.95. The fourth-order valence-electron chi connectivity index (χ4n) is 2.56. The minimum Gasteiger partial charge on any atom is -0.384 e. The van der Waals surface area contributed by atoms with Crippen LogP contribution >= 0.6 is 0 Å². The Balaban J connectivity index is 2.28. The molecule has 0 saturated heterocycles. The number of rotatable bonds is 3. The average molecular weight is 287 g/mol. The predicted octanol–water partition coefficient (Wildman–Crippen LogP) is 4.04. The van der Waals surface area contributed by atoms with Crippen molar-refractivity contribution in [2.24, 2.45) is 0 Å². The van der Waals surface area contributed by atoms with Crippen LogP contribution in [-0.2, 0) is 6.42 Å². The molecular weight excluding hydrogens is 272 g/mol. The fraction of sp³-hybridized carbons (Fsp3) is 0.188. The van der Waals surface area contributed by atoms with Crippen LogP contribution in [0.3, 0.4) is 0 Å². The van der Waals surface area contributed by atoms with Gasteiger partial charge in [0.1, 0.15) is 17.5 Å². The summed E-state index contributed by atoms with van der Waals surface area (Å²) in [5.74, 6) is -0.838. The molecule has 3 nitrogen and oxygen atoms in total. The first-order valence-corrected chi connectivity index (χ1v) is 6.82. The lowest BCUT2D eigenvalue weighted by Crippen LogP contribution is -1.97. The van der Waals surface area contributed by atoms with Gasteiger partial charge in [0.15, 0.2) is 0 Å². The van der Waals surface area contributed by atoms with Gasteiger partial charge in [-0.2, -0.15) is 0 Å². The van der Waals surface area contributed by atoms with Crippen LogP contribution in [0.25, 0.3) is 22.2 Å². The number of aromatic nitrogens is 2. The fourth-order valence-corrected chi connectivity index (χ4v) is 2.56. The van der Waals surface area contributed by atoms with Gasteiger partial charge in [0, 0.05) is 23.2 Å². The van der Waals surface area contributed by atoms with E-state index in [0.717, 1.165) is 24.5 Å². The molecule has 2 aromatic heterocycles. The highest BCUT2D eigenvalue weighted by Gasteiger charge is 2.15. The van der Waals surface area contributed by atoms with Crippen LogP contribution in [-0.4, -0.2) is 9.97 Å². The number of halogens is 2. The van der Waals surface area contributed by atoms with Gasteiger partial charge in [0.05, 0.1) is 11.2 Å². The normalized spacial score (nSPS) is 11.2. The second kappa shape index (κ2) is 5.16. The van der Waals surface area contributed by atoms with Crippen LogP contribution < -0.4 is 5.73 Å². The van der Waals surface area contributed by atoms with Crippen molar-refractivity contribution >= 4 is 16.7 Å². The average Bonchev–Trinajstić information content (AvgIpc) is 2.85. The number of hydrogen-bond acceptors (Lipinski definition) is 2. The molecule has 1 aromatic carbocycles. The molecule has 0 aliphatic heterocycles. The molecule has 2 heterocycles. The molecule has 0 fully saturated rings. The van der Waals surface area contributed by atoms with E-state index in [9.17, 15) is 8.78 Å². The van der Waals surface area contributed by atoms with E-state index in [1.165, 1.54) is 6.07 Å². The van der Waals surface area contributed by atoms with Gasteiger partial charge in [0.25, 0.3) is 0 Å². The van der Waals surface area contributed by atoms with Crippen LogP contribution in [0, 0.1) is 11.6 Å². The van der Waals surface area contributed by atoms with Crippen molar-refractivity contribution in [1.82, 2.24) is 9.97 Å². The Morgan fingerprint density at radius 1 is 1.24 bits per heavy atom. The Bertz CT molecular complexity index is 809. The van der Waals surface area contributed by atoms with E-state index in [1.54, 1.807) is 12.3 Å². The molecule has 21 heavy (non-hydrogen) atoms. The third-order valence-corrected chi connectivity index (χ3v) is 3.48. The summed E-state index contributed by atoms with van der Waals surface area (Å²) in [5.41, 5.74) is 8.39. The SMILES string of the molecule is CCCc1ccc(N)nc1-c1c[nH]c2c(F)cc(F)cc12. The number of H-pyrrole nitrogens is 1. The zero-order valence-corrected chi connectivity index (χ0v) is 11.6. The first-order chi connectivity index (χ1) is 10.1. The number of anilines is 1. The molecule has 0 spiro atoms. The first-order valence-electron chi connectivity index (χ1n) is 6.82. The summed E-state index contributed by atoms with van der Waals surface area (Å²) in [7, 11) is 0. The number of hydrogen-bond donors (Lipinski definition) is 2. The Labute approximate surface area is 120 Å². The van der Waals surface area contributed by atoms with Gasteiger partial charge in [-0.3, -0.25) is 0 Å². The molecule has 3 N–H and O–H groups in total. The second-order valence-electron chi connectivity index (χ2n) is 5.01. The van der Waals surface area contributed by atoms with Crippen molar-refractivity contribution in [3.8, 4) is 11.3 Å². The van der Waals surface area contributed by atoms with E-state index in [-0.39, 0.29) is 5.52 Å². The molecule has 3 rings (SSSR count). The number of nitrogens with two attached hydrogens (primary N) is 1. The summed E-state index contributed by atoms with van der Waals surface area (Å²) in [6.07, 6.45) is 3.42. The van der Waals surface area contributed by atoms with Crippen molar-refractivity contribution < 1.29 is 8.78 Å². The van der Waals surface area contributed by atoms with E-state index in [0.29, 0.717) is 22.5 Å². The second-order valence-corrected chi connectivity index (χ2v) is 5.01. The van der Waals surface area contributed by atoms with Gasteiger partial charge in [-0.05, 0) is 24.1 Å². The van der Waals surface area contributed by atoms with Crippen molar-refractivity contribution in [2.45, 2.75) is 19.8 Å². The van der Waals surface area contributed by atoms with Crippen molar-refractivity contribution in [1.29, 1.82) is 0 Å². The zero-order chi connectivity index (χ0) is 15.0. The van der Waals surface area contributed by atoms with E-state index in [4.69, 9.17) is 5.73 Å². The number of nitrogen functional groups attached to an aromatic ring is 1. The number of aromatic amines is 1. The van der Waals surface area contributed by atoms with Crippen LogP contribution in [0.1, 0.15) is 18.9 Å². The van der Waals surface area contributed by atoms with Gasteiger partial charge in [-0.25, -0.2) is 13.8 Å². The molecule has 0 amide bonds. The molecule has 0 saturated carbocycles. The number of nitrogens with zero attached hydrogens (tertiary/aromatic N) is 1. The van der Waals surface area contributed by atoms with Gasteiger partial charge in [0.2, 0.25) is 0 Å². The molecule has 0 bridgehead atoms. The largest absolute Gasteiger partial charge is 0.384 e. The van der Waals surface area contributed by atoms with Gasteiger partial charge in [-0.15, -0.1) is 0 Å². The lowest BCUT2D eigenvalue weighted by molar-refractivity contribution is 0.591. The maximum absolute atomic E-state index is 13.8. The zero-order valence-electron chi connectivity index (χ0n) is 11.6. The Kier molecular flexibility index (Phi) is 3.33. The maximum atomic E-state index is 13.8. The first kappa shape index (κ1) is 13.5. The predicted molar refractivity (Wildman–Crippen MR) is 79.9 cm³/mol. The quantitative estimate of drug-likeness (QED) is 0.763. The molecular formula is C16H15F2N3. The van der Waals surface area contributed by atoms with E-state index in [2.05, 4.69) is 16.9 Å². The highest BCUT2D eigenvalue weighted by Crippen LogP contribution is 2.32. The van der Waals surface area contributed by atoms with E-state index < -0.39 is 11.6 Å². The summed E-state index contributed by atoms with van der Waals surface area (Å²) in [4.78, 5) is 7.21. The summed E-state index contributed by atoms with van der Waals surface area (Å²) in [6, 6.07) is 5.83. The lowest BCUT2D eigenvalue weighted by Gasteiger charge is -2.08. The lowest BCUT2D eigenvalue weighted by atomic mass is 10.0. The summed E-state index contributed by atoms with van der Waals surface area (Å²) < 4.78 is 27.3. The molecule has 0 aliphatic carbocycles. The van der Waals surface area contributed by atoms with Gasteiger partial charge in [-0.1, -0.05) is 19.4 Å².